The van der Waals surface area contributed by atoms with E-state index in [2.05, 4.69) is 30.4 Å². The highest BCUT2D eigenvalue weighted by Gasteiger charge is 2.19. The van der Waals surface area contributed by atoms with Crippen LogP contribution in [0.5, 0.6) is 0 Å². The molecule has 0 N–H and O–H groups in total. The largest absolute Gasteiger partial charge is 0.460 e. The average molecular weight is 304 g/mol. The molecule has 84 valence electrons. The molecule has 6 nitrogen and oxygen atoms in total. The summed E-state index contributed by atoms with van der Waals surface area (Å²) in [6, 6.07) is 0. The fraction of sp³-hybridized carbons (Fsp3) is 0.250. The van der Waals surface area contributed by atoms with Gasteiger partial charge in [0.25, 0.3) is 11.7 Å². The van der Waals surface area contributed by atoms with Gasteiger partial charge in [0.05, 0.1) is 11.1 Å². The van der Waals surface area contributed by atoms with Crippen LogP contribution in [0.25, 0.3) is 11.6 Å². The molecule has 0 unspecified atom stereocenters. The van der Waals surface area contributed by atoms with Crippen LogP contribution in [0, 0.1) is 0 Å². The standard InChI is InChI=1S/C8H6BrN3O3S/c1-2-14-8(13)6-10-7(15-11-6)5-4(9)3-16-12-5/h3H,2H2,1H3. The number of halogens is 1. The maximum absolute atomic E-state index is 11.3. The average Bonchev–Trinajstić information content (AvgIpc) is 2.86. The van der Waals surface area contributed by atoms with E-state index in [1.165, 1.54) is 11.5 Å². The van der Waals surface area contributed by atoms with E-state index >= 15 is 0 Å². The zero-order chi connectivity index (χ0) is 11.5. The Morgan fingerprint density at radius 2 is 2.50 bits per heavy atom. The minimum atomic E-state index is -0.608. The van der Waals surface area contributed by atoms with Crippen LogP contribution in [0.3, 0.4) is 0 Å². The van der Waals surface area contributed by atoms with Crippen LogP contribution in [0.2, 0.25) is 0 Å². The van der Waals surface area contributed by atoms with Gasteiger partial charge in [-0.2, -0.15) is 9.36 Å². The Morgan fingerprint density at radius 1 is 1.69 bits per heavy atom. The molecule has 0 aliphatic heterocycles. The van der Waals surface area contributed by atoms with Crippen molar-refractivity contribution in [3.8, 4) is 11.6 Å². The molecule has 16 heavy (non-hydrogen) atoms. The molecular weight excluding hydrogens is 298 g/mol. The summed E-state index contributed by atoms with van der Waals surface area (Å²) in [6.45, 7) is 1.97. The van der Waals surface area contributed by atoms with Crippen molar-refractivity contribution in [1.82, 2.24) is 14.5 Å². The highest BCUT2D eigenvalue weighted by atomic mass is 79.9. The molecule has 2 aromatic rings. The fourth-order valence-electron chi connectivity index (χ4n) is 0.964. The second-order valence-corrected chi connectivity index (χ2v) is 4.14. The van der Waals surface area contributed by atoms with E-state index in [0.29, 0.717) is 5.69 Å². The second kappa shape index (κ2) is 4.71. The highest BCUT2D eigenvalue weighted by Crippen LogP contribution is 2.27. The van der Waals surface area contributed by atoms with Crippen LogP contribution < -0.4 is 0 Å². The first-order chi connectivity index (χ1) is 7.72. The lowest BCUT2D eigenvalue weighted by molar-refractivity contribution is 0.0508. The van der Waals surface area contributed by atoms with Gasteiger partial charge in [0, 0.05) is 5.38 Å². The number of nitrogens with zero attached hydrogens (tertiary/aromatic N) is 3. The number of carbonyl (C=O) groups excluding carboxylic acids is 1. The van der Waals surface area contributed by atoms with Gasteiger partial charge in [0.2, 0.25) is 0 Å². The first kappa shape index (κ1) is 11.2. The molecule has 0 fully saturated rings. The van der Waals surface area contributed by atoms with E-state index in [0.717, 1.165) is 4.47 Å². The molecule has 0 radical (unpaired) electrons. The van der Waals surface area contributed by atoms with Crippen LogP contribution >= 0.6 is 27.5 Å². The summed E-state index contributed by atoms with van der Waals surface area (Å²) in [5.74, 6) is -0.517. The summed E-state index contributed by atoms with van der Waals surface area (Å²) >= 11 is 4.53. The number of ether oxygens (including phenoxy) is 1. The highest BCUT2D eigenvalue weighted by molar-refractivity contribution is 9.10. The first-order valence-corrected chi connectivity index (χ1v) is 5.96. The van der Waals surface area contributed by atoms with Crippen molar-refractivity contribution in [2.24, 2.45) is 0 Å². The molecule has 0 spiro atoms. The molecule has 0 bridgehead atoms. The summed E-state index contributed by atoms with van der Waals surface area (Å²) in [7, 11) is 0. The van der Waals surface area contributed by atoms with Crippen molar-refractivity contribution in [3.05, 3.63) is 15.7 Å². The Labute approximate surface area is 103 Å². The Morgan fingerprint density at radius 3 is 3.12 bits per heavy atom. The molecule has 0 aromatic carbocycles. The zero-order valence-corrected chi connectivity index (χ0v) is 10.5. The fourth-order valence-corrected chi connectivity index (χ4v) is 2.13. The SMILES string of the molecule is CCOC(=O)c1noc(-c2nscc2Br)n1. The third kappa shape index (κ3) is 2.12. The number of hydrogen-bond donors (Lipinski definition) is 0. The van der Waals surface area contributed by atoms with Gasteiger partial charge in [0.15, 0.2) is 5.69 Å². The predicted molar refractivity (Wildman–Crippen MR) is 59.1 cm³/mol. The Balaban J connectivity index is 2.26. The lowest BCUT2D eigenvalue weighted by Crippen LogP contribution is -2.06. The number of hydrogen-bond acceptors (Lipinski definition) is 7. The normalized spacial score (nSPS) is 10.4. The molecule has 0 atom stereocenters. The monoisotopic (exact) mass is 303 g/mol. The number of aromatic nitrogens is 3. The topological polar surface area (TPSA) is 78.1 Å². The molecule has 0 aliphatic carbocycles. The smallest absolute Gasteiger partial charge is 0.379 e. The van der Waals surface area contributed by atoms with Crippen LogP contribution in [0.4, 0.5) is 0 Å². The molecule has 0 saturated carbocycles. The van der Waals surface area contributed by atoms with Crippen LogP contribution in [-0.2, 0) is 4.74 Å². The van der Waals surface area contributed by atoms with Gasteiger partial charge in [-0.05, 0) is 39.5 Å². The van der Waals surface area contributed by atoms with Gasteiger partial charge in [-0.25, -0.2) is 4.79 Å². The molecule has 2 rings (SSSR count). The van der Waals surface area contributed by atoms with Crippen molar-refractivity contribution in [2.75, 3.05) is 6.61 Å². The third-order valence-electron chi connectivity index (χ3n) is 1.61. The Bertz CT molecular complexity index is 510. The van der Waals surface area contributed by atoms with Crippen LogP contribution in [0.15, 0.2) is 14.4 Å². The van der Waals surface area contributed by atoms with E-state index in [1.54, 1.807) is 12.3 Å². The van der Waals surface area contributed by atoms with Gasteiger partial charge < -0.3 is 9.26 Å². The molecule has 0 saturated heterocycles. The number of carbonyl (C=O) groups is 1. The minimum Gasteiger partial charge on any atom is -0.460 e. The summed E-state index contributed by atoms with van der Waals surface area (Å²) in [5, 5.41) is 5.30. The Kier molecular flexibility index (Phi) is 3.30. The minimum absolute atomic E-state index is 0.100. The lowest BCUT2D eigenvalue weighted by Gasteiger charge is -1.93. The molecule has 8 heteroatoms. The van der Waals surface area contributed by atoms with E-state index in [9.17, 15) is 4.79 Å². The molecule has 0 amide bonds. The quantitative estimate of drug-likeness (QED) is 0.808. The van der Waals surface area contributed by atoms with Crippen molar-refractivity contribution >= 4 is 33.4 Å². The van der Waals surface area contributed by atoms with Crippen molar-refractivity contribution in [1.29, 1.82) is 0 Å². The van der Waals surface area contributed by atoms with E-state index < -0.39 is 5.97 Å². The van der Waals surface area contributed by atoms with Crippen LogP contribution in [-0.4, -0.2) is 27.1 Å². The Hall–Kier alpha value is -1.28. The lowest BCUT2D eigenvalue weighted by atomic mass is 10.4. The van der Waals surface area contributed by atoms with Gasteiger partial charge >= 0.3 is 5.97 Å². The third-order valence-corrected chi connectivity index (χ3v) is 3.15. The van der Waals surface area contributed by atoms with Gasteiger partial charge in [-0.15, -0.1) is 0 Å². The number of esters is 1. The first-order valence-electron chi connectivity index (χ1n) is 4.33. The maximum Gasteiger partial charge on any atom is 0.379 e. The van der Waals surface area contributed by atoms with E-state index in [-0.39, 0.29) is 18.3 Å². The van der Waals surface area contributed by atoms with Crippen molar-refractivity contribution < 1.29 is 14.1 Å². The molecule has 2 aromatic heterocycles. The summed E-state index contributed by atoms with van der Waals surface area (Å²) in [5.41, 5.74) is 0.521. The molecule has 2 heterocycles. The van der Waals surface area contributed by atoms with Crippen molar-refractivity contribution in [2.45, 2.75) is 6.92 Å². The second-order valence-electron chi connectivity index (χ2n) is 2.65. The molecule has 0 aliphatic rings. The van der Waals surface area contributed by atoms with E-state index in [4.69, 9.17) is 9.26 Å². The van der Waals surface area contributed by atoms with Gasteiger partial charge in [-0.1, -0.05) is 0 Å². The summed E-state index contributed by atoms with van der Waals surface area (Å²) in [4.78, 5) is 15.2. The van der Waals surface area contributed by atoms with Crippen molar-refractivity contribution in [3.63, 3.8) is 0 Å². The van der Waals surface area contributed by atoms with Gasteiger partial charge in [0.1, 0.15) is 0 Å². The predicted octanol–water partition coefficient (Wildman–Crippen LogP) is 2.13. The van der Waals surface area contributed by atoms with Crippen LogP contribution in [0.1, 0.15) is 17.5 Å². The summed E-state index contributed by atoms with van der Waals surface area (Å²) < 4.78 is 14.4. The number of rotatable bonds is 3. The van der Waals surface area contributed by atoms with Gasteiger partial charge in [-0.3, -0.25) is 0 Å². The zero-order valence-electron chi connectivity index (χ0n) is 8.14. The molecular formula is C8H6BrN3O3S. The maximum atomic E-state index is 11.3. The van der Waals surface area contributed by atoms with E-state index in [1.807, 2.05) is 0 Å². The summed E-state index contributed by atoms with van der Waals surface area (Å²) in [6.07, 6.45) is 0.